The van der Waals surface area contributed by atoms with Crippen LogP contribution in [0, 0.1) is 11.8 Å². The van der Waals surface area contributed by atoms with Gasteiger partial charge in [0.25, 0.3) is 0 Å². The van der Waals surface area contributed by atoms with Crippen LogP contribution in [0.1, 0.15) is 39.5 Å². The highest BCUT2D eigenvalue weighted by molar-refractivity contribution is 4.75. The number of nitrogens with zero attached hydrogens (tertiary/aromatic N) is 1. The van der Waals surface area contributed by atoms with Gasteiger partial charge in [-0.15, -0.1) is 0 Å². The van der Waals surface area contributed by atoms with Crippen molar-refractivity contribution < 1.29 is 0 Å². The average Bonchev–Trinajstić information content (AvgIpc) is 2.26. The molecule has 2 heteroatoms. The highest BCUT2D eigenvalue weighted by Gasteiger charge is 2.20. The molecule has 2 N–H and O–H groups in total. The molecule has 0 unspecified atom stereocenters. The summed E-state index contributed by atoms with van der Waals surface area (Å²) in [5.74, 6) is 1.66. The Labute approximate surface area is 88.8 Å². The highest BCUT2D eigenvalue weighted by Crippen LogP contribution is 2.18. The van der Waals surface area contributed by atoms with Crippen LogP contribution in [0.4, 0.5) is 0 Å². The van der Waals surface area contributed by atoms with E-state index in [1.165, 1.54) is 45.3 Å². The van der Waals surface area contributed by atoms with Crippen LogP contribution >= 0.6 is 0 Å². The summed E-state index contributed by atoms with van der Waals surface area (Å²) in [7, 11) is 0. The van der Waals surface area contributed by atoms with Crippen molar-refractivity contribution in [2.24, 2.45) is 17.6 Å². The lowest BCUT2D eigenvalue weighted by Gasteiger charge is -2.34. The summed E-state index contributed by atoms with van der Waals surface area (Å²) in [5.41, 5.74) is 5.73. The van der Waals surface area contributed by atoms with Gasteiger partial charge in [0.15, 0.2) is 0 Å². The second-order valence-corrected chi connectivity index (χ2v) is 4.69. The molecular weight excluding hydrogens is 172 g/mol. The molecule has 0 saturated carbocycles. The van der Waals surface area contributed by atoms with Gasteiger partial charge >= 0.3 is 0 Å². The molecule has 0 radical (unpaired) electrons. The van der Waals surface area contributed by atoms with Crippen LogP contribution in [-0.4, -0.2) is 31.1 Å². The number of nitrogens with two attached hydrogens (primary N) is 1. The molecule has 0 spiro atoms. The highest BCUT2D eigenvalue weighted by atomic mass is 15.1. The summed E-state index contributed by atoms with van der Waals surface area (Å²) < 4.78 is 0. The zero-order valence-corrected chi connectivity index (χ0v) is 9.84. The molecule has 1 aliphatic heterocycles. The zero-order chi connectivity index (χ0) is 10.4. The van der Waals surface area contributed by atoms with E-state index in [1.54, 1.807) is 0 Å². The van der Waals surface area contributed by atoms with Crippen LogP contribution in [0.25, 0.3) is 0 Å². The van der Waals surface area contributed by atoms with Crippen LogP contribution < -0.4 is 5.73 Å². The van der Waals surface area contributed by atoms with Gasteiger partial charge in [-0.3, -0.25) is 0 Å². The first-order chi connectivity index (χ1) is 6.80. The SMILES string of the molecule is CCC(CC)CN1CCC[C@@H](CN)C1. The first-order valence-corrected chi connectivity index (χ1v) is 6.22. The Kier molecular flexibility index (Phi) is 5.49. The number of likely N-dealkylation sites (tertiary alicyclic amines) is 1. The van der Waals surface area contributed by atoms with E-state index in [0.29, 0.717) is 0 Å². The molecule has 0 aromatic rings. The van der Waals surface area contributed by atoms with Crippen LogP contribution in [0.5, 0.6) is 0 Å². The molecule has 1 aliphatic rings. The Morgan fingerprint density at radius 1 is 1.36 bits per heavy atom. The predicted molar refractivity (Wildman–Crippen MR) is 62.3 cm³/mol. The molecule has 14 heavy (non-hydrogen) atoms. The Morgan fingerprint density at radius 3 is 2.64 bits per heavy atom. The molecule has 2 nitrogen and oxygen atoms in total. The molecule has 0 amide bonds. The van der Waals surface area contributed by atoms with Gasteiger partial charge in [0.1, 0.15) is 0 Å². The number of hydrogen-bond acceptors (Lipinski definition) is 2. The Balaban J connectivity index is 2.29. The lowest BCUT2D eigenvalue weighted by atomic mass is 9.96. The van der Waals surface area contributed by atoms with E-state index < -0.39 is 0 Å². The third-order valence-electron chi connectivity index (χ3n) is 3.61. The van der Waals surface area contributed by atoms with Gasteiger partial charge in [-0.05, 0) is 37.8 Å². The fraction of sp³-hybridized carbons (Fsp3) is 1.00. The molecule has 84 valence electrons. The van der Waals surface area contributed by atoms with Gasteiger partial charge in [-0.1, -0.05) is 26.7 Å². The van der Waals surface area contributed by atoms with Crippen LogP contribution in [0.2, 0.25) is 0 Å². The summed E-state index contributed by atoms with van der Waals surface area (Å²) in [4.78, 5) is 2.62. The van der Waals surface area contributed by atoms with E-state index in [1.807, 2.05) is 0 Å². The Hall–Kier alpha value is -0.0800. The van der Waals surface area contributed by atoms with E-state index >= 15 is 0 Å². The number of rotatable bonds is 5. The molecule has 1 saturated heterocycles. The lowest BCUT2D eigenvalue weighted by Crippen LogP contribution is -2.40. The smallest absolute Gasteiger partial charge is 0.00218 e. The monoisotopic (exact) mass is 198 g/mol. The molecule has 1 atom stereocenters. The van der Waals surface area contributed by atoms with Crippen LogP contribution in [0.3, 0.4) is 0 Å². The summed E-state index contributed by atoms with van der Waals surface area (Å²) in [6.45, 7) is 9.32. The van der Waals surface area contributed by atoms with Crippen molar-refractivity contribution in [2.75, 3.05) is 26.2 Å². The average molecular weight is 198 g/mol. The molecule has 1 rings (SSSR count). The van der Waals surface area contributed by atoms with Crippen molar-refractivity contribution >= 4 is 0 Å². The molecule has 1 fully saturated rings. The maximum atomic E-state index is 5.73. The molecule has 0 aliphatic carbocycles. The Bertz CT molecular complexity index is 143. The van der Waals surface area contributed by atoms with Gasteiger partial charge in [-0.25, -0.2) is 0 Å². The summed E-state index contributed by atoms with van der Waals surface area (Å²) in [5, 5.41) is 0. The van der Waals surface area contributed by atoms with Crippen molar-refractivity contribution in [3.05, 3.63) is 0 Å². The van der Waals surface area contributed by atoms with Gasteiger partial charge in [0.05, 0.1) is 0 Å². The second-order valence-electron chi connectivity index (χ2n) is 4.69. The van der Waals surface area contributed by atoms with Crippen molar-refractivity contribution in [1.82, 2.24) is 4.90 Å². The minimum absolute atomic E-state index is 0.762. The second kappa shape index (κ2) is 6.41. The zero-order valence-electron chi connectivity index (χ0n) is 9.84. The largest absolute Gasteiger partial charge is 0.330 e. The van der Waals surface area contributed by atoms with E-state index in [0.717, 1.165) is 18.4 Å². The third kappa shape index (κ3) is 3.58. The third-order valence-corrected chi connectivity index (χ3v) is 3.61. The molecule has 0 aromatic heterocycles. The quantitative estimate of drug-likeness (QED) is 0.733. The van der Waals surface area contributed by atoms with Gasteiger partial charge in [-0.2, -0.15) is 0 Å². The van der Waals surface area contributed by atoms with Crippen molar-refractivity contribution in [2.45, 2.75) is 39.5 Å². The lowest BCUT2D eigenvalue weighted by molar-refractivity contribution is 0.151. The summed E-state index contributed by atoms with van der Waals surface area (Å²) >= 11 is 0. The van der Waals surface area contributed by atoms with Crippen molar-refractivity contribution in [3.63, 3.8) is 0 Å². The Morgan fingerprint density at radius 2 is 2.07 bits per heavy atom. The molecule has 0 aromatic carbocycles. The van der Waals surface area contributed by atoms with E-state index in [2.05, 4.69) is 18.7 Å². The van der Waals surface area contributed by atoms with Crippen LogP contribution in [-0.2, 0) is 0 Å². The molecular formula is C12H26N2. The fourth-order valence-electron chi connectivity index (χ4n) is 2.42. The van der Waals surface area contributed by atoms with Gasteiger partial charge in [0.2, 0.25) is 0 Å². The standard InChI is InChI=1S/C12H26N2/c1-3-11(4-2)9-14-7-5-6-12(8-13)10-14/h11-12H,3-10,13H2,1-2H3/t12-/m0/s1. The minimum atomic E-state index is 0.762. The first kappa shape index (κ1) is 12.0. The van der Waals surface area contributed by atoms with E-state index in [-0.39, 0.29) is 0 Å². The molecule has 0 bridgehead atoms. The first-order valence-electron chi connectivity index (χ1n) is 6.22. The topological polar surface area (TPSA) is 29.3 Å². The maximum Gasteiger partial charge on any atom is 0.00218 e. The van der Waals surface area contributed by atoms with E-state index in [4.69, 9.17) is 5.73 Å². The van der Waals surface area contributed by atoms with Gasteiger partial charge < -0.3 is 10.6 Å². The number of piperidine rings is 1. The molecule has 1 heterocycles. The summed E-state index contributed by atoms with van der Waals surface area (Å²) in [6, 6.07) is 0. The fourth-order valence-corrected chi connectivity index (χ4v) is 2.42. The van der Waals surface area contributed by atoms with Crippen molar-refractivity contribution in [1.29, 1.82) is 0 Å². The maximum absolute atomic E-state index is 5.73. The van der Waals surface area contributed by atoms with Gasteiger partial charge in [0, 0.05) is 13.1 Å². The summed E-state index contributed by atoms with van der Waals surface area (Å²) in [6.07, 6.45) is 5.33. The predicted octanol–water partition coefficient (Wildman–Crippen LogP) is 2.09. The minimum Gasteiger partial charge on any atom is -0.330 e. The van der Waals surface area contributed by atoms with E-state index in [9.17, 15) is 0 Å². The number of hydrogen-bond donors (Lipinski definition) is 1. The normalized spacial score (nSPS) is 24.4. The van der Waals surface area contributed by atoms with Crippen LogP contribution in [0.15, 0.2) is 0 Å². The van der Waals surface area contributed by atoms with Crippen molar-refractivity contribution in [3.8, 4) is 0 Å².